The quantitative estimate of drug-likeness (QED) is 0.764. The standard InChI is InChI=1S/C14H15N5O/c1-3-10-9(8-19(2)18-10)13(20)17-14-15-11-6-4-5-7-12(11)16-14/h4-8H,3H2,1-2H3,(H2,15,16,17,20). The first-order valence-corrected chi connectivity index (χ1v) is 6.46. The monoisotopic (exact) mass is 269 g/mol. The highest BCUT2D eigenvalue weighted by Gasteiger charge is 2.15. The van der Waals surface area contributed by atoms with E-state index in [-0.39, 0.29) is 5.91 Å². The van der Waals surface area contributed by atoms with Gasteiger partial charge in [0.25, 0.3) is 5.91 Å². The number of para-hydroxylation sites is 2. The van der Waals surface area contributed by atoms with E-state index in [1.807, 2.05) is 31.2 Å². The maximum absolute atomic E-state index is 12.3. The van der Waals surface area contributed by atoms with Crippen molar-refractivity contribution in [3.05, 3.63) is 41.7 Å². The molecule has 0 fully saturated rings. The Hall–Kier alpha value is -2.63. The van der Waals surface area contributed by atoms with E-state index in [1.165, 1.54) is 0 Å². The summed E-state index contributed by atoms with van der Waals surface area (Å²) < 4.78 is 1.65. The lowest BCUT2D eigenvalue weighted by Crippen LogP contribution is -2.14. The Morgan fingerprint density at radius 2 is 2.20 bits per heavy atom. The molecule has 6 nitrogen and oxygen atoms in total. The lowest BCUT2D eigenvalue weighted by atomic mass is 10.2. The van der Waals surface area contributed by atoms with Gasteiger partial charge in [0.2, 0.25) is 5.95 Å². The maximum atomic E-state index is 12.3. The molecule has 6 heteroatoms. The third-order valence-corrected chi connectivity index (χ3v) is 3.11. The summed E-state index contributed by atoms with van der Waals surface area (Å²) in [5.41, 5.74) is 3.07. The highest BCUT2D eigenvalue weighted by atomic mass is 16.1. The Labute approximate surface area is 115 Å². The highest BCUT2D eigenvalue weighted by molar-refractivity contribution is 6.04. The number of aryl methyl sites for hydroxylation is 2. The number of benzene rings is 1. The van der Waals surface area contributed by atoms with Gasteiger partial charge in [0.05, 0.1) is 22.3 Å². The van der Waals surface area contributed by atoms with Crippen LogP contribution in [0.25, 0.3) is 11.0 Å². The predicted molar refractivity (Wildman–Crippen MR) is 76.6 cm³/mol. The molecule has 2 heterocycles. The third kappa shape index (κ3) is 2.16. The van der Waals surface area contributed by atoms with Gasteiger partial charge in [-0.05, 0) is 18.6 Å². The molecule has 1 amide bonds. The van der Waals surface area contributed by atoms with Crippen molar-refractivity contribution < 1.29 is 4.79 Å². The number of anilines is 1. The molecule has 0 radical (unpaired) electrons. The number of aromatic nitrogens is 4. The molecular weight excluding hydrogens is 254 g/mol. The number of carbonyl (C=O) groups is 1. The van der Waals surface area contributed by atoms with E-state index in [1.54, 1.807) is 17.9 Å². The van der Waals surface area contributed by atoms with Gasteiger partial charge in [-0.1, -0.05) is 19.1 Å². The number of aromatic amines is 1. The van der Waals surface area contributed by atoms with E-state index in [4.69, 9.17) is 0 Å². The average Bonchev–Trinajstić information content (AvgIpc) is 3.00. The molecule has 0 unspecified atom stereocenters. The molecule has 0 spiro atoms. The SMILES string of the molecule is CCc1nn(C)cc1C(=O)Nc1nc2ccccc2[nH]1. The Bertz CT molecular complexity index is 738. The molecule has 2 N–H and O–H groups in total. The third-order valence-electron chi connectivity index (χ3n) is 3.11. The van der Waals surface area contributed by atoms with Crippen molar-refractivity contribution in [2.45, 2.75) is 13.3 Å². The van der Waals surface area contributed by atoms with Crippen molar-refractivity contribution >= 4 is 22.9 Å². The van der Waals surface area contributed by atoms with Gasteiger partial charge >= 0.3 is 0 Å². The summed E-state index contributed by atoms with van der Waals surface area (Å²) in [5.74, 6) is 0.246. The van der Waals surface area contributed by atoms with Gasteiger partial charge in [-0.15, -0.1) is 0 Å². The molecule has 0 bridgehead atoms. The number of amides is 1. The van der Waals surface area contributed by atoms with Gasteiger partial charge in [-0.2, -0.15) is 5.10 Å². The molecule has 0 aliphatic carbocycles. The number of imidazole rings is 1. The van der Waals surface area contributed by atoms with E-state index in [9.17, 15) is 4.79 Å². The number of nitrogens with one attached hydrogen (secondary N) is 2. The summed E-state index contributed by atoms with van der Waals surface area (Å²) in [7, 11) is 1.80. The molecule has 102 valence electrons. The first-order valence-electron chi connectivity index (χ1n) is 6.46. The zero-order chi connectivity index (χ0) is 14.1. The second kappa shape index (κ2) is 4.80. The van der Waals surface area contributed by atoms with Gasteiger partial charge in [0.15, 0.2) is 0 Å². The van der Waals surface area contributed by atoms with Gasteiger partial charge in [-0.25, -0.2) is 4.98 Å². The van der Waals surface area contributed by atoms with Gasteiger partial charge in [-0.3, -0.25) is 14.8 Å². The summed E-state index contributed by atoms with van der Waals surface area (Å²) in [6.07, 6.45) is 2.43. The normalized spacial score (nSPS) is 10.9. The largest absolute Gasteiger partial charge is 0.324 e. The summed E-state index contributed by atoms with van der Waals surface area (Å²) in [4.78, 5) is 19.7. The minimum absolute atomic E-state index is 0.200. The molecule has 0 saturated heterocycles. The Kier molecular flexibility index (Phi) is 2.98. The molecule has 0 aliphatic heterocycles. The van der Waals surface area contributed by atoms with Gasteiger partial charge in [0.1, 0.15) is 0 Å². The molecule has 0 saturated carbocycles. The number of hydrogen-bond donors (Lipinski definition) is 2. The molecule has 2 aromatic heterocycles. The fourth-order valence-corrected chi connectivity index (χ4v) is 2.17. The van der Waals surface area contributed by atoms with Crippen LogP contribution in [0.3, 0.4) is 0 Å². The molecule has 3 aromatic rings. The maximum Gasteiger partial charge on any atom is 0.261 e. The van der Waals surface area contributed by atoms with Crippen LogP contribution >= 0.6 is 0 Å². The number of hydrogen-bond acceptors (Lipinski definition) is 3. The number of rotatable bonds is 3. The number of H-pyrrole nitrogens is 1. The van der Waals surface area contributed by atoms with Crippen LogP contribution < -0.4 is 5.32 Å². The Morgan fingerprint density at radius 1 is 1.40 bits per heavy atom. The summed E-state index contributed by atoms with van der Waals surface area (Å²) in [6, 6.07) is 7.63. The molecule has 3 rings (SSSR count). The average molecular weight is 269 g/mol. The van der Waals surface area contributed by atoms with Gasteiger partial charge in [0, 0.05) is 13.2 Å². The lowest BCUT2D eigenvalue weighted by Gasteiger charge is -2.00. The van der Waals surface area contributed by atoms with Crippen molar-refractivity contribution in [1.82, 2.24) is 19.7 Å². The van der Waals surface area contributed by atoms with Crippen LogP contribution in [0.1, 0.15) is 23.0 Å². The molecule has 20 heavy (non-hydrogen) atoms. The Balaban J connectivity index is 1.88. The van der Waals surface area contributed by atoms with Crippen LogP contribution in [0.15, 0.2) is 30.5 Å². The Morgan fingerprint density at radius 3 is 2.95 bits per heavy atom. The zero-order valence-electron chi connectivity index (χ0n) is 11.3. The highest BCUT2D eigenvalue weighted by Crippen LogP contribution is 2.15. The molecular formula is C14H15N5O. The summed E-state index contributed by atoms with van der Waals surface area (Å²) >= 11 is 0. The number of carbonyl (C=O) groups excluding carboxylic acids is 1. The lowest BCUT2D eigenvalue weighted by molar-refractivity contribution is 0.102. The van der Waals surface area contributed by atoms with E-state index >= 15 is 0 Å². The van der Waals surface area contributed by atoms with E-state index in [0.29, 0.717) is 17.9 Å². The van der Waals surface area contributed by atoms with Crippen molar-refractivity contribution in [2.24, 2.45) is 7.05 Å². The fraction of sp³-hybridized carbons (Fsp3) is 0.214. The van der Waals surface area contributed by atoms with Gasteiger partial charge < -0.3 is 4.98 Å². The molecule has 0 aliphatic rings. The van der Waals surface area contributed by atoms with Crippen molar-refractivity contribution in [2.75, 3.05) is 5.32 Å². The van der Waals surface area contributed by atoms with Crippen LogP contribution in [0.2, 0.25) is 0 Å². The van der Waals surface area contributed by atoms with Crippen LogP contribution in [0, 0.1) is 0 Å². The first kappa shape index (κ1) is 12.4. The van der Waals surface area contributed by atoms with E-state index in [2.05, 4.69) is 20.4 Å². The molecule has 0 atom stereocenters. The van der Waals surface area contributed by atoms with Crippen LogP contribution in [-0.2, 0) is 13.5 Å². The topological polar surface area (TPSA) is 75.6 Å². The minimum atomic E-state index is -0.200. The summed E-state index contributed by atoms with van der Waals surface area (Å²) in [5, 5.41) is 7.04. The molecule has 1 aromatic carbocycles. The van der Waals surface area contributed by atoms with E-state index in [0.717, 1.165) is 16.7 Å². The van der Waals surface area contributed by atoms with E-state index < -0.39 is 0 Å². The van der Waals surface area contributed by atoms with Crippen LogP contribution in [0.5, 0.6) is 0 Å². The summed E-state index contributed by atoms with van der Waals surface area (Å²) in [6.45, 7) is 1.97. The number of nitrogens with zero attached hydrogens (tertiary/aromatic N) is 3. The van der Waals surface area contributed by atoms with Crippen molar-refractivity contribution in [3.63, 3.8) is 0 Å². The minimum Gasteiger partial charge on any atom is -0.324 e. The van der Waals surface area contributed by atoms with Crippen molar-refractivity contribution in [1.29, 1.82) is 0 Å². The van der Waals surface area contributed by atoms with Crippen LogP contribution in [0.4, 0.5) is 5.95 Å². The van der Waals surface area contributed by atoms with Crippen molar-refractivity contribution in [3.8, 4) is 0 Å². The fourth-order valence-electron chi connectivity index (χ4n) is 2.17. The number of fused-ring (bicyclic) bond motifs is 1. The zero-order valence-corrected chi connectivity index (χ0v) is 11.3. The second-order valence-corrected chi connectivity index (χ2v) is 4.57. The second-order valence-electron chi connectivity index (χ2n) is 4.57. The smallest absolute Gasteiger partial charge is 0.261 e. The predicted octanol–water partition coefficient (Wildman–Crippen LogP) is 2.11. The van der Waals surface area contributed by atoms with Crippen LogP contribution in [-0.4, -0.2) is 25.7 Å². The first-order chi connectivity index (χ1) is 9.67.